The number of hydrogen-bond donors (Lipinski definition) is 2. The summed E-state index contributed by atoms with van der Waals surface area (Å²) in [5, 5.41) is 11.9. The molecule has 2 atom stereocenters. The zero-order chi connectivity index (χ0) is 18.4. The molecule has 1 amide bonds. The van der Waals surface area contributed by atoms with E-state index < -0.39 is 29.8 Å². The summed E-state index contributed by atoms with van der Waals surface area (Å²) >= 11 is 0. The molecular weight excluding hydrogens is 327 g/mol. The van der Waals surface area contributed by atoms with Gasteiger partial charge in [-0.2, -0.15) is 0 Å². The van der Waals surface area contributed by atoms with Gasteiger partial charge in [-0.1, -0.05) is 32.0 Å². The minimum atomic E-state index is -1.09. The van der Waals surface area contributed by atoms with E-state index >= 15 is 0 Å². The van der Waals surface area contributed by atoms with Crippen LogP contribution in [-0.2, 0) is 14.3 Å². The summed E-state index contributed by atoms with van der Waals surface area (Å²) in [6, 6.07) is 4.22. The van der Waals surface area contributed by atoms with Crippen molar-refractivity contribution in [2.24, 2.45) is 5.92 Å². The van der Waals surface area contributed by atoms with Gasteiger partial charge in [0.15, 0.2) is 0 Å². The summed E-state index contributed by atoms with van der Waals surface area (Å²) in [6.07, 6.45) is 0.314. The second-order valence-electron chi connectivity index (χ2n) is 6.60. The second-order valence-corrected chi connectivity index (χ2v) is 6.60. The maximum Gasteiger partial charge on any atom is 0.326 e. The van der Waals surface area contributed by atoms with Crippen LogP contribution >= 0.6 is 0 Å². The van der Waals surface area contributed by atoms with Gasteiger partial charge in [0.2, 0.25) is 5.91 Å². The van der Waals surface area contributed by atoms with Crippen molar-refractivity contribution in [1.82, 2.24) is 10.2 Å². The van der Waals surface area contributed by atoms with Crippen LogP contribution < -0.4 is 5.32 Å². The van der Waals surface area contributed by atoms with E-state index in [-0.39, 0.29) is 11.5 Å². The van der Waals surface area contributed by atoms with E-state index in [0.29, 0.717) is 32.7 Å². The Balaban J connectivity index is 2.26. The highest BCUT2D eigenvalue weighted by Gasteiger charge is 2.33. The summed E-state index contributed by atoms with van der Waals surface area (Å²) < 4.78 is 19.6. The summed E-state index contributed by atoms with van der Waals surface area (Å²) in [5.41, 5.74) is 0.246. The molecule has 0 radical (unpaired) electrons. The van der Waals surface area contributed by atoms with Gasteiger partial charge in [-0.3, -0.25) is 9.69 Å². The van der Waals surface area contributed by atoms with Crippen molar-refractivity contribution in [1.29, 1.82) is 0 Å². The Kier molecular flexibility index (Phi) is 6.90. The third kappa shape index (κ3) is 5.24. The summed E-state index contributed by atoms with van der Waals surface area (Å²) in [4.78, 5) is 26.1. The molecule has 25 heavy (non-hydrogen) atoms. The molecule has 1 aliphatic rings. The molecule has 1 aromatic rings. The van der Waals surface area contributed by atoms with Gasteiger partial charge in [-0.05, 0) is 18.4 Å². The zero-order valence-electron chi connectivity index (χ0n) is 14.6. The third-order valence-corrected chi connectivity index (χ3v) is 4.18. The molecule has 0 spiro atoms. The Morgan fingerprint density at radius 2 is 1.92 bits per heavy atom. The lowest BCUT2D eigenvalue weighted by atomic mass is 10.0. The van der Waals surface area contributed by atoms with Gasteiger partial charge in [0, 0.05) is 18.7 Å². The summed E-state index contributed by atoms with van der Waals surface area (Å²) in [6.45, 7) is 5.64. The van der Waals surface area contributed by atoms with Crippen molar-refractivity contribution in [3.63, 3.8) is 0 Å². The van der Waals surface area contributed by atoms with Crippen LogP contribution in [0.1, 0.15) is 31.9 Å². The van der Waals surface area contributed by atoms with Crippen LogP contribution in [0.2, 0.25) is 0 Å². The van der Waals surface area contributed by atoms with Crippen molar-refractivity contribution in [2.45, 2.75) is 32.4 Å². The van der Waals surface area contributed by atoms with Crippen LogP contribution in [0.15, 0.2) is 24.3 Å². The first-order valence-electron chi connectivity index (χ1n) is 8.49. The molecule has 0 aliphatic carbocycles. The number of rotatable bonds is 7. The standard InChI is InChI=1S/C18H25FN2O4/c1-12(2)11-15(18(23)24)20-17(22)16(21-7-9-25-10-8-21)13-5-3-4-6-14(13)19/h3-6,12,15-16H,7-11H2,1-2H3,(H,20,22)(H,23,24)/t15-,16-/m1/s1. The van der Waals surface area contributed by atoms with E-state index in [1.54, 1.807) is 18.2 Å². The number of ether oxygens (including phenoxy) is 1. The zero-order valence-corrected chi connectivity index (χ0v) is 14.6. The van der Waals surface area contributed by atoms with Gasteiger partial charge in [0.05, 0.1) is 13.2 Å². The number of carboxylic acid groups (broad SMARTS) is 1. The number of amides is 1. The maximum absolute atomic E-state index is 14.3. The van der Waals surface area contributed by atoms with Crippen LogP contribution in [0.4, 0.5) is 4.39 Å². The average Bonchev–Trinajstić information content (AvgIpc) is 2.57. The SMILES string of the molecule is CC(C)C[C@@H](NC(=O)[C@@H](c1ccccc1F)N1CCOCC1)C(=O)O. The number of carbonyl (C=O) groups excluding carboxylic acids is 1. The number of aliphatic carboxylic acids is 1. The minimum absolute atomic E-state index is 0.108. The number of carbonyl (C=O) groups is 2. The smallest absolute Gasteiger partial charge is 0.326 e. The van der Waals surface area contributed by atoms with Gasteiger partial charge in [-0.25, -0.2) is 9.18 Å². The molecule has 6 nitrogen and oxygen atoms in total. The quantitative estimate of drug-likeness (QED) is 0.782. The first-order chi connectivity index (χ1) is 11.9. The van der Waals surface area contributed by atoms with E-state index in [1.807, 2.05) is 18.7 Å². The van der Waals surface area contributed by atoms with E-state index in [9.17, 15) is 19.1 Å². The first-order valence-corrected chi connectivity index (χ1v) is 8.49. The lowest BCUT2D eigenvalue weighted by Gasteiger charge is -2.34. The lowest BCUT2D eigenvalue weighted by Crippen LogP contribution is -2.50. The highest BCUT2D eigenvalue weighted by atomic mass is 19.1. The molecule has 0 bridgehead atoms. The van der Waals surface area contributed by atoms with Gasteiger partial charge in [0.1, 0.15) is 17.9 Å². The second kappa shape index (κ2) is 8.92. The normalized spacial score (nSPS) is 17.9. The van der Waals surface area contributed by atoms with E-state index in [0.717, 1.165) is 0 Å². The van der Waals surface area contributed by atoms with Crippen molar-refractivity contribution in [3.8, 4) is 0 Å². The van der Waals surface area contributed by atoms with Crippen molar-refractivity contribution in [3.05, 3.63) is 35.6 Å². The highest BCUT2D eigenvalue weighted by Crippen LogP contribution is 2.25. The number of morpholine rings is 1. The molecule has 138 valence electrons. The van der Waals surface area contributed by atoms with Crippen molar-refractivity contribution < 1.29 is 23.8 Å². The average molecular weight is 352 g/mol. The Morgan fingerprint density at radius 3 is 2.48 bits per heavy atom. The predicted molar refractivity (Wildman–Crippen MR) is 90.6 cm³/mol. The Labute approximate surface area is 147 Å². The molecule has 7 heteroatoms. The molecule has 0 aromatic heterocycles. The fraction of sp³-hybridized carbons (Fsp3) is 0.556. The summed E-state index contributed by atoms with van der Waals surface area (Å²) in [5.74, 6) is -1.96. The molecular formula is C18H25FN2O4. The minimum Gasteiger partial charge on any atom is -0.480 e. The fourth-order valence-electron chi connectivity index (χ4n) is 2.98. The topological polar surface area (TPSA) is 78.9 Å². The van der Waals surface area contributed by atoms with Gasteiger partial charge >= 0.3 is 5.97 Å². The number of nitrogens with one attached hydrogen (secondary N) is 1. The molecule has 1 aliphatic heterocycles. The third-order valence-electron chi connectivity index (χ3n) is 4.18. The number of carboxylic acids is 1. The van der Waals surface area contributed by atoms with Crippen molar-refractivity contribution >= 4 is 11.9 Å². The van der Waals surface area contributed by atoms with Crippen LogP contribution in [0.5, 0.6) is 0 Å². The highest BCUT2D eigenvalue weighted by molar-refractivity contribution is 5.87. The van der Waals surface area contributed by atoms with Crippen LogP contribution in [0, 0.1) is 11.7 Å². The molecule has 1 aromatic carbocycles. The Morgan fingerprint density at radius 1 is 1.28 bits per heavy atom. The van der Waals surface area contributed by atoms with E-state index in [2.05, 4.69) is 5.32 Å². The van der Waals surface area contributed by atoms with Crippen LogP contribution in [0.3, 0.4) is 0 Å². The number of nitrogens with zero attached hydrogens (tertiary/aromatic N) is 1. The molecule has 0 saturated carbocycles. The van der Waals surface area contributed by atoms with Crippen LogP contribution in [0.25, 0.3) is 0 Å². The fourth-order valence-corrected chi connectivity index (χ4v) is 2.98. The maximum atomic E-state index is 14.3. The molecule has 0 unspecified atom stereocenters. The summed E-state index contributed by atoms with van der Waals surface area (Å²) in [7, 11) is 0. The molecule has 1 saturated heterocycles. The predicted octanol–water partition coefficient (Wildman–Crippen LogP) is 1.81. The largest absolute Gasteiger partial charge is 0.480 e. The van der Waals surface area contributed by atoms with Gasteiger partial charge in [0.25, 0.3) is 0 Å². The van der Waals surface area contributed by atoms with Gasteiger partial charge in [-0.15, -0.1) is 0 Å². The monoisotopic (exact) mass is 352 g/mol. The Bertz CT molecular complexity index is 602. The lowest BCUT2D eigenvalue weighted by molar-refractivity contribution is -0.143. The van der Waals surface area contributed by atoms with E-state index in [4.69, 9.17) is 4.74 Å². The number of benzene rings is 1. The van der Waals surface area contributed by atoms with E-state index in [1.165, 1.54) is 6.07 Å². The van der Waals surface area contributed by atoms with Gasteiger partial charge < -0.3 is 15.2 Å². The Hall–Kier alpha value is -1.99. The molecule has 1 fully saturated rings. The number of hydrogen-bond acceptors (Lipinski definition) is 4. The molecule has 2 rings (SSSR count). The van der Waals surface area contributed by atoms with Crippen molar-refractivity contribution in [2.75, 3.05) is 26.3 Å². The first kappa shape index (κ1) is 19.3. The molecule has 1 heterocycles. The van der Waals surface area contributed by atoms with Crippen LogP contribution in [-0.4, -0.2) is 54.2 Å². The molecule has 2 N–H and O–H groups in total. The number of halogens is 1.